The molecule has 152 valence electrons. The topological polar surface area (TPSA) is 69.9 Å². The molecule has 0 saturated carbocycles. The van der Waals surface area contributed by atoms with Gasteiger partial charge in [0.05, 0.1) is 30.9 Å². The van der Waals surface area contributed by atoms with E-state index >= 15 is 0 Å². The third kappa shape index (κ3) is 4.51. The first-order valence-corrected chi connectivity index (χ1v) is 9.40. The summed E-state index contributed by atoms with van der Waals surface area (Å²) in [6.45, 7) is 1.52. The van der Waals surface area contributed by atoms with Crippen LogP contribution in [0.1, 0.15) is 11.1 Å². The van der Waals surface area contributed by atoms with Gasteiger partial charge in [0.1, 0.15) is 18.1 Å². The molecule has 0 unspecified atom stereocenters. The molecular weight excluding hydrogens is 402 g/mol. The Morgan fingerprint density at radius 2 is 1.93 bits per heavy atom. The molecule has 0 bridgehead atoms. The molecule has 1 aromatic heterocycles. The summed E-state index contributed by atoms with van der Waals surface area (Å²) >= 11 is 0.913. The number of rotatable bonds is 5. The van der Waals surface area contributed by atoms with E-state index in [1.807, 2.05) is 19.1 Å². The maximum Gasteiger partial charge on any atom is 0.325 e. The number of thiazole rings is 1. The zero-order valence-corrected chi connectivity index (χ0v) is 16.8. The Kier molecular flexibility index (Phi) is 6.07. The van der Waals surface area contributed by atoms with Crippen LogP contribution in [0.25, 0.3) is 10.2 Å². The Morgan fingerprint density at radius 3 is 2.62 bits per heavy atom. The third-order valence-corrected chi connectivity index (χ3v) is 5.23. The highest BCUT2D eigenvalue weighted by Gasteiger charge is 2.17. The maximum absolute atomic E-state index is 14.4. The predicted molar refractivity (Wildman–Crippen MR) is 104 cm³/mol. The first-order valence-electron chi connectivity index (χ1n) is 8.58. The molecule has 0 atom stereocenters. The fourth-order valence-corrected chi connectivity index (χ4v) is 4.00. The second-order valence-corrected chi connectivity index (χ2v) is 7.29. The average molecular weight is 420 g/mol. The third-order valence-electron chi connectivity index (χ3n) is 4.21. The summed E-state index contributed by atoms with van der Waals surface area (Å²) in [5.74, 6) is -2.23. The largest absolute Gasteiger partial charge is 0.496 e. The van der Waals surface area contributed by atoms with Crippen molar-refractivity contribution in [3.63, 3.8) is 0 Å². The number of carbonyl (C=O) groups excluding carboxylic acids is 2. The summed E-state index contributed by atoms with van der Waals surface area (Å²) in [5, 5.41) is 0. The van der Waals surface area contributed by atoms with Crippen molar-refractivity contribution in [2.75, 3.05) is 14.2 Å². The zero-order chi connectivity index (χ0) is 21.1. The Bertz CT molecular complexity index is 1170. The summed E-state index contributed by atoms with van der Waals surface area (Å²) in [7, 11) is 2.70. The molecule has 0 fully saturated rings. The number of methoxy groups -OCH3 is 2. The minimum atomic E-state index is -0.852. The fourth-order valence-electron chi connectivity index (χ4n) is 2.91. The van der Waals surface area contributed by atoms with Gasteiger partial charge in [-0.1, -0.05) is 29.0 Å². The number of ether oxygens (including phenoxy) is 2. The first-order chi connectivity index (χ1) is 13.8. The number of halogens is 2. The van der Waals surface area contributed by atoms with Crippen LogP contribution in [0.15, 0.2) is 35.3 Å². The zero-order valence-electron chi connectivity index (χ0n) is 16.0. The van der Waals surface area contributed by atoms with Crippen LogP contribution in [0.5, 0.6) is 5.75 Å². The Hall–Kier alpha value is -3.07. The van der Waals surface area contributed by atoms with E-state index in [0.29, 0.717) is 17.4 Å². The van der Waals surface area contributed by atoms with Gasteiger partial charge in [-0.2, -0.15) is 4.99 Å². The number of amides is 1. The Balaban J connectivity index is 2.08. The molecule has 6 nitrogen and oxygen atoms in total. The number of aromatic nitrogens is 1. The second kappa shape index (κ2) is 8.52. The standard InChI is InChI=1S/C20H18F2N2O4S/c1-11-4-5-15(27-2)12(6-11)7-17(25)23-20-24(10-18(26)28-3)19-14(22)8-13(21)9-16(19)29-20/h4-6,8-9H,7,10H2,1-3H3. The number of esters is 1. The molecule has 3 rings (SSSR count). The fraction of sp³-hybridized carbons (Fsp3) is 0.250. The molecule has 0 spiro atoms. The van der Waals surface area contributed by atoms with Gasteiger partial charge < -0.3 is 14.0 Å². The number of aryl methyl sites for hydroxylation is 1. The van der Waals surface area contributed by atoms with E-state index in [4.69, 9.17) is 4.74 Å². The Labute approximate surface area is 169 Å². The lowest BCUT2D eigenvalue weighted by atomic mass is 10.1. The van der Waals surface area contributed by atoms with Crippen LogP contribution >= 0.6 is 11.3 Å². The maximum atomic E-state index is 14.4. The highest BCUT2D eigenvalue weighted by molar-refractivity contribution is 7.16. The van der Waals surface area contributed by atoms with Crippen LogP contribution in [0.2, 0.25) is 0 Å². The average Bonchev–Trinajstić information content (AvgIpc) is 2.98. The van der Waals surface area contributed by atoms with E-state index in [9.17, 15) is 18.4 Å². The predicted octanol–water partition coefficient (Wildman–Crippen LogP) is 3.14. The summed E-state index contributed by atoms with van der Waals surface area (Å²) in [4.78, 5) is 28.5. The quantitative estimate of drug-likeness (QED) is 0.595. The van der Waals surface area contributed by atoms with Crippen molar-refractivity contribution in [1.82, 2.24) is 4.57 Å². The summed E-state index contributed by atoms with van der Waals surface area (Å²) in [5.41, 5.74) is 1.59. The monoisotopic (exact) mass is 420 g/mol. The normalized spacial score (nSPS) is 11.7. The minimum Gasteiger partial charge on any atom is -0.496 e. The van der Waals surface area contributed by atoms with Gasteiger partial charge in [0.2, 0.25) is 0 Å². The van der Waals surface area contributed by atoms with Crippen LogP contribution in [-0.4, -0.2) is 30.7 Å². The van der Waals surface area contributed by atoms with Gasteiger partial charge in [0.15, 0.2) is 10.6 Å². The van der Waals surface area contributed by atoms with E-state index in [-0.39, 0.29) is 28.0 Å². The van der Waals surface area contributed by atoms with E-state index in [1.165, 1.54) is 18.8 Å². The summed E-state index contributed by atoms with van der Waals surface area (Å²) in [6.07, 6.45) is -0.0475. The van der Waals surface area contributed by atoms with Crippen molar-refractivity contribution >= 4 is 33.4 Å². The van der Waals surface area contributed by atoms with Gasteiger partial charge in [-0.3, -0.25) is 9.59 Å². The van der Waals surface area contributed by atoms with Crippen molar-refractivity contribution in [1.29, 1.82) is 0 Å². The van der Waals surface area contributed by atoms with Crippen molar-refractivity contribution in [3.05, 3.63) is 57.9 Å². The molecule has 0 aliphatic heterocycles. The van der Waals surface area contributed by atoms with Gasteiger partial charge in [0, 0.05) is 11.6 Å². The van der Waals surface area contributed by atoms with Crippen LogP contribution in [0.4, 0.5) is 8.78 Å². The van der Waals surface area contributed by atoms with Crippen LogP contribution < -0.4 is 9.54 Å². The lowest BCUT2D eigenvalue weighted by Crippen LogP contribution is -2.23. The van der Waals surface area contributed by atoms with Crippen LogP contribution in [-0.2, 0) is 27.3 Å². The van der Waals surface area contributed by atoms with Crippen molar-refractivity contribution < 1.29 is 27.8 Å². The van der Waals surface area contributed by atoms with Gasteiger partial charge in [0.25, 0.3) is 5.91 Å². The SMILES string of the molecule is COC(=O)Cn1c(=NC(=O)Cc2cc(C)ccc2OC)sc2cc(F)cc(F)c21. The number of nitrogens with zero attached hydrogens (tertiary/aromatic N) is 2. The van der Waals surface area contributed by atoms with Crippen LogP contribution in [0.3, 0.4) is 0 Å². The lowest BCUT2D eigenvalue weighted by molar-refractivity contribution is -0.141. The van der Waals surface area contributed by atoms with E-state index in [1.54, 1.807) is 6.07 Å². The highest BCUT2D eigenvalue weighted by atomic mass is 32.1. The van der Waals surface area contributed by atoms with Crippen molar-refractivity contribution in [3.8, 4) is 5.75 Å². The molecule has 0 aliphatic carbocycles. The van der Waals surface area contributed by atoms with Gasteiger partial charge in [-0.25, -0.2) is 8.78 Å². The number of carbonyl (C=O) groups is 2. The molecule has 3 aromatic rings. The second-order valence-electron chi connectivity index (χ2n) is 6.28. The number of hydrogen-bond donors (Lipinski definition) is 0. The molecule has 1 amide bonds. The molecule has 9 heteroatoms. The van der Waals surface area contributed by atoms with Crippen molar-refractivity contribution in [2.24, 2.45) is 4.99 Å². The number of hydrogen-bond acceptors (Lipinski definition) is 5. The number of benzene rings is 2. The van der Waals surface area contributed by atoms with E-state index in [2.05, 4.69) is 9.73 Å². The first kappa shape index (κ1) is 20.7. The van der Waals surface area contributed by atoms with Gasteiger partial charge in [-0.05, 0) is 19.1 Å². The number of fused-ring (bicyclic) bond motifs is 1. The van der Waals surface area contributed by atoms with Gasteiger partial charge in [-0.15, -0.1) is 0 Å². The molecular formula is C20H18F2N2O4S. The molecule has 29 heavy (non-hydrogen) atoms. The van der Waals surface area contributed by atoms with E-state index in [0.717, 1.165) is 23.0 Å². The lowest BCUT2D eigenvalue weighted by Gasteiger charge is -2.07. The molecule has 0 aliphatic rings. The molecule has 2 aromatic carbocycles. The smallest absolute Gasteiger partial charge is 0.325 e. The molecule has 0 radical (unpaired) electrons. The Morgan fingerprint density at radius 1 is 1.17 bits per heavy atom. The molecule has 0 N–H and O–H groups in total. The molecule has 0 saturated heterocycles. The van der Waals surface area contributed by atoms with Crippen LogP contribution in [0, 0.1) is 18.6 Å². The molecule has 1 heterocycles. The van der Waals surface area contributed by atoms with Crippen molar-refractivity contribution in [2.45, 2.75) is 19.9 Å². The highest BCUT2D eigenvalue weighted by Crippen LogP contribution is 2.23. The minimum absolute atomic E-state index is 0.0125. The van der Waals surface area contributed by atoms with Gasteiger partial charge >= 0.3 is 5.97 Å². The summed E-state index contributed by atoms with van der Waals surface area (Å²) < 4.78 is 39.3. The summed E-state index contributed by atoms with van der Waals surface area (Å²) in [6, 6.07) is 7.27. The van der Waals surface area contributed by atoms with E-state index < -0.39 is 23.5 Å².